The fourth-order valence-electron chi connectivity index (χ4n) is 1.94. The van der Waals surface area contributed by atoms with Gasteiger partial charge in [0.15, 0.2) is 0 Å². The molecule has 0 aliphatic rings. The van der Waals surface area contributed by atoms with E-state index in [1.54, 1.807) is 30.5 Å². The maximum absolute atomic E-state index is 12.1. The summed E-state index contributed by atoms with van der Waals surface area (Å²) in [6.45, 7) is 0.873. The fourth-order valence-corrected chi connectivity index (χ4v) is 2.98. The van der Waals surface area contributed by atoms with Gasteiger partial charge in [0.25, 0.3) is 0 Å². The van der Waals surface area contributed by atoms with E-state index in [-0.39, 0.29) is 4.90 Å². The lowest BCUT2D eigenvalue weighted by molar-refractivity contribution is 0.581. The summed E-state index contributed by atoms with van der Waals surface area (Å²) in [6, 6.07) is 12.4. The normalized spacial score (nSPS) is 11.5. The molecule has 0 bridgehead atoms. The van der Waals surface area contributed by atoms with Gasteiger partial charge >= 0.3 is 0 Å². The molecular formula is C15H19N3O2S. The number of nitrogens with zero attached hydrogens (tertiary/aromatic N) is 1. The number of sulfonamides is 1. The summed E-state index contributed by atoms with van der Waals surface area (Å²) in [4.78, 5) is 4.42. The van der Waals surface area contributed by atoms with E-state index in [1.807, 2.05) is 18.2 Å². The molecule has 1 aromatic heterocycles. The molecule has 0 aliphatic heterocycles. The molecule has 0 unspecified atom stereocenters. The fraction of sp³-hybridized carbons (Fsp3) is 0.267. The Balaban J connectivity index is 1.95. The van der Waals surface area contributed by atoms with Crippen LogP contribution in [0.25, 0.3) is 0 Å². The van der Waals surface area contributed by atoms with Crippen molar-refractivity contribution in [3.63, 3.8) is 0 Å². The SMILES string of the molecule is NCCc1ccc(S(=O)(=O)NCCc2ccccn2)cc1. The molecule has 1 aromatic carbocycles. The van der Waals surface area contributed by atoms with Gasteiger partial charge in [0.05, 0.1) is 4.90 Å². The van der Waals surface area contributed by atoms with Gasteiger partial charge in [-0.3, -0.25) is 4.98 Å². The molecule has 3 N–H and O–H groups in total. The Bertz CT molecular complexity index is 655. The van der Waals surface area contributed by atoms with E-state index in [2.05, 4.69) is 9.71 Å². The molecule has 0 spiro atoms. The van der Waals surface area contributed by atoms with E-state index in [9.17, 15) is 8.42 Å². The van der Waals surface area contributed by atoms with Crippen LogP contribution in [0.15, 0.2) is 53.6 Å². The first-order valence-corrected chi connectivity index (χ1v) is 8.29. The molecule has 0 saturated heterocycles. The summed E-state index contributed by atoms with van der Waals surface area (Å²) in [5.74, 6) is 0. The summed E-state index contributed by atoms with van der Waals surface area (Å²) in [7, 11) is -3.47. The first-order valence-electron chi connectivity index (χ1n) is 6.80. The molecule has 6 heteroatoms. The molecule has 5 nitrogen and oxygen atoms in total. The molecule has 2 aromatic rings. The van der Waals surface area contributed by atoms with Crippen molar-refractivity contribution in [2.75, 3.05) is 13.1 Å². The van der Waals surface area contributed by atoms with Gasteiger partial charge in [-0.25, -0.2) is 13.1 Å². The molecule has 21 heavy (non-hydrogen) atoms. The van der Waals surface area contributed by atoms with E-state index in [0.29, 0.717) is 19.5 Å². The average Bonchev–Trinajstić information content (AvgIpc) is 2.49. The van der Waals surface area contributed by atoms with Gasteiger partial charge in [-0.1, -0.05) is 18.2 Å². The van der Waals surface area contributed by atoms with Crippen LogP contribution >= 0.6 is 0 Å². The van der Waals surface area contributed by atoms with Crippen LogP contribution < -0.4 is 10.5 Å². The van der Waals surface area contributed by atoms with Gasteiger partial charge in [0.2, 0.25) is 10.0 Å². The highest BCUT2D eigenvalue weighted by molar-refractivity contribution is 7.89. The molecule has 1 heterocycles. The number of benzene rings is 1. The van der Waals surface area contributed by atoms with Crippen molar-refractivity contribution in [1.29, 1.82) is 0 Å². The lowest BCUT2D eigenvalue weighted by Gasteiger charge is -2.07. The highest BCUT2D eigenvalue weighted by Crippen LogP contribution is 2.10. The number of hydrogen-bond donors (Lipinski definition) is 2. The summed E-state index contributed by atoms with van der Waals surface area (Å²) in [5, 5.41) is 0. The van der Waals surface area contributed by atoms with Crippen molar-refractivity contribution in [2.24, 2.45) is 5.73 Å². The second-order valence-electron chi connectivity index (χ2n) is 4.65. The number of aromatic nitrogens is 1. The van der Waals surface area contributed by atoms with Crippen LogP contribution in [0.4, 0.5) is 0 Å². The molecule has 0 amide bonds. The standard InChI is InChI=1S/C15H19N3O2S/c16-10-8-13-4-6-15(7-5-13)21(19,20)18-12-9-14-3-1-2-11-17-14/h1-7,11,18H,8-10,12,16H2. The van der Waals surface area contributed by atoms with Crippen molar-refractivity contribution in [2.45, 2.75) is 17.7 Å². The minimum atomic E-state index is -3.47. The lowest BCUT2D eigenvalue weighted by Crippen LogP contribution is -2.26. The molecule has 0 aliphatic carbocycles. The Morgan fingerprint density at radius 2 is 1.81 bits per heavy atom. The van der Waals surface area contributed by atoms with Crippen LogP contribution in [-0.4, -0.2) is 26.5 Å². The minimum Gasteiger partial charge on any atom is -0.330 e. The minimum absolute atomic E-state index is 0.268. The maximum Gasteiger partial charge on any atom is 0.240 e. The molecule has 0 radical (unpaired) electrons. The smallest absolute Gasteiger partial charge is 0.240 e. The molecule has 2 rings (SSSR count). The van der Waals surface area contributed by atoms with Crippen molar-refractivity contribution in [1.82, 2.24) is 9.71 Å². The van der Waals surface area contributed by atoms with Crippen LogP contribution in [-0.2, 0) is 22.9 Å². The van der Waals surface area contributed by atoms with Crippen molar-refractivity contribution >= 4 is 10.0 Å². The largest absolute Gasteiger partial charge is 0.330 e. The third-order valence-electron chi connectivity index (χ3n) is 3.07. The quantitative estimate of drug-likeness (QED) is 0.802. The number of rotatable bonds is 7. The summed E-state index contributed by atoms with van der Waals surface area (Å²) in [5.41, 5.74) is 7.36. The van der Waals surface area contributed by atoms with Gasteiger partial charge in [-0.15, -0.1) is 0 Å². The third-order valence-corrected chi connectivity index (χ3v) is 4.54. The van der Waals surface area contributed by atoms with Crippen LogP contribution in [0, 0.1) is 0 Å². The first-order chi connectivity index (χ1) is 10.1. The monoisotopic (exact) mass is 305 g/mol. The Kier molecular flexibility index (Phi) is 5.44. The predicted octanol–water partition coefficient (Wildman–Crippen LogP) is 1.10. The van der Waals surface area contributed by atoms with Gasteiger partial charge < -0.3 is 5.73 Å². The van der Waals surface area contributed by atoms with Crippen LogP contribution in [0.2, 0.25) is 0 Å². The van der Waals surface area contributed by atoms with Crippen molar-refractivity contribution in [3.05, 3.63) is 59.9 Å². The second kappa shape index (κ2) is 7.31. The number of nitrogens with two attached hydrogens (primary N) is 1. The Labute approximate surface area is 125 Å². The summed E-state index contributed by atoms with van der Waals surface area (Å²) < 4.78 is 26.9. The first kappa shape index (κ1) is 15.6. The highest BCUT2D eigenvalue weighted by Gasteiger charge is 2.13. The van der Waals surface area contributed by atoms with Crippen molar-refractivity contribution < 1.29 is 8.42 Å². The van der Waals surface area contributed by atoms with E-state index >= 15 is 0 Å². The molecule has 0 fully saturated rings. The van der Waals surface area contributed by atoms with Gasteiger partial charge in [-0.05, 0) is 42.8 Å². The Morgan fingerprint density at radius 3 is 2.43 bits per heavy atom. The number of hydrogen-bond acceptors (Lipinski definition) is 4. The molecular weight excluding hydrogens is 286 g/mol. The zero-order chi connectivity index (χ0) is 15.1. The zero-order valence-electron chi connectivity index (χ0n) is 11.7. The molecule has 0 saturated carbocycles. The summed E-state index contributed by atoms with van der Waals surface area (Å²) >= 11 is 0. The second-order valence-corrected chi connectivity index (χ2v) is 6.42. The van der Waals surface area contributed by atoms with E-state index in [4.69, 9.17) is 5.73 Å². The summed E-state index contributed by atoms with van der Waals surface area (Å²) in [6.07, 6.45) is 3.00. The molecule has 112 valence electrons. The van der Waals surface area contributed by atoms with Crippen LogP contribution in [0.1, 0.15) is 11.3 Å². The van der Waals surface area contributed by atoms with Crippen LogP contribution in [0.3, 0.4) is 0 Å². The maximum atomic E-state index is 12.1. The Hall–Kier alpha value is -1.76. The number of nitrogens with one attached hydrogen (secondary N) is 1. The van der Waals surface area contributed by atoms with Gasteiger partial charge in [-0.2, -0.15) is 0 Å². The third kappa shape index (κ3) is 4.63. The van der Waals surface area contributed by atoms with Crippen LogP contribution in [0.5, 0.6) is 0 Å². The Morgan fingerprint density at radius 1 is 1.05 bits per heavy atom. The van der Waals surface area contributed by atoms with Crippen molar-refractivity contribution in [3.8, 4) is 0 Å². The zero-order valence-corrected chi connectivity index (χ0v) is 12.5. The van der Waals surface area contributed by atoms with E-state index in [0.717, 1.165) is 17.7 Å². The predicted molar refractivity (Wildman–Crippen MR) is 82.3 cm³/mol. The van der Waals surface area contributed by atoms with Gasteiger partial charge in [0, 0.05) is 24.9 Å². The van der Waals surface area contributed by atoms with E-state index < -0.39 is 10.0 Å². The average molecular weight is 305 g/mol. The molecule has 0 atom stereocenters. The lowest BCUT2D eigenvalue weighted by atomic mass is 10.2. The highest BCUT2D eigenvalue weighted by atomic mass is 32.2. The topological polar surface area (TPSA) is 85.1 Å². The number of pyridine rings is 1. The van der Waals surface area contributed by atoms with E-state index in [1.165, 1.54) is 0 Å². The van der Waals surface area contributed by atoms with Gasteiger partial charge in [0.1, 0.15) is 0 Å².